The molecule has 0 spiro atoms. The van der Waals surface area contributed by atoms with Gasteiger partial charge in [-0.2, -0.15) is 0 Å². The number of piperidine rings is 1. The Balaban J connectivity index is 1.79. The molecule has 1 aromatic heterocycles. The van der Waals surface area contributed by atoms with Crippen molar-refractivity contribution in [3.63, 3.8) is 0 Å². The van der Waals surface area contributed by atoms with Crippen molar-refractivity contribution in [3.8, 4) is 0 Å². The average molecular weight is 284 g/mol. The van der Waals surface area contributed by atoms with Gasteiger partial charge in [0, 0.05) is 41.5 Å². The molecule has 0 radical (unpaired) electrons. The molecule has 0 saturated carbocycles. The van der Waals surface area contributed by atoms with Crippen molar-refractivity contribution in [3.05, 3.63) is 35.5 Å². The maximum atomic E-state index is 11.9. The van der Waals surface area contributed by atoms with E-state index in [1.54, 1.807) is 0 Å². The maximum Gasteiger partial charge on any atom is 0.162 e. The zero-order valence-corrected chi connectivity index (χ0v) is 12.2. The minimum Gasteiger partial charge on any atom is -0.389 e. The van der Waals surface area contributed by atoms with Crippen LogP contribution in [0, 0.1) is 5.92 Å². The maximum absolute atomic E-state index is 11.9. The number of hydrogen-bond acceptors (Lipinski definition) is 3. The van der Waals surface area contributed by atoms with Gasteiger partial charge < -0.3 is 15.0 Å². The van der Waals surface area contributed by atoms with Crippen LogP contribution in [0.15, 0.2) is 24.4 Å². The van der Waals surface area contributed by atoms with E-state index in [1.807, 2.05) is 0 Å². The molecule has 0 amide bonds. The van der Waals surface area contributed by atoms with Crippen LogP contribution >= 0.6 is 0 Å². The molecule has 2 unspecified atom stereocenters. The minimum atomic E-state index is -0.338. The Labute approximate surface area is 123 Å². The molecule has 4 nitrogen and oxygen atoms in total. The van der Waals surface area contributed by atoms with Gasteiger partial charge in [0.1, 0.15) is 6.61 Å². The second-order valence-electron chi connectivity index (χ2n) is 6.46. The number of benzene rings is 1. The second-order valence-corrected chi connectivity index (χ2v) is 6.46. The van der Waals surface area contributed by atoms with E-state index in [-0.39, 0.29) is 18.3 Å². The van der Waals surface area contributed by atoms with Gasteiger partial charge in [-0.15, -0.1) is 0 Å². The summed E-state index contributed by atoms with van der Waals surface area (Å²) in [6.45, 7) is 0.422. The zero-order chi connectivity index (χ0) is 14.6. The molecule has 2 N–H and O–H groups in total. The molecule has 110 valence electrons. The van der Waals surface area contributed by atoms with E-state index >= 15 is 0 Å². The third-order valence-corrected chi connectivity index (χ3v) is 5.34. The third kappa shape index (κ3) is 1.86. The fraction of sp³-hybridized carbons (Fsp3) is 0.471. The van der Waals surface area contributed by atoms with Crippen LogP contribution in [0.5, 0.6) is 0 Å². The first kappa shape index (κ1) is 13.0. The lowest BCUT2D eigenvalue weighted by Gasteiger charge is -2.45. The number of carbonyl (C=O) groups excluding carboxylic acids is 1. The summed E-state index contributed by atoms with van der Waals surface area (Å²) in [5.41, 5.74) is 3.95. The number of nitrogens with zero attached hydrogens (tertiary/aromatic N) is 1. The average Bonchev–Trinajstić information content (AvgIpc) is 2.92. The Kier molecular flexibility index (Phi) is 2.91. The number of H-pyrrole nitrogens is 1. The lowest BCUT2D eigenvalue weighted by atomic mass is 9.72. The molecular weight excluding hydrogens is 264 g/mol. The number of fused-ring (bicyclic) bond motifs is 2. The summed E-state index contributed by atoms with van der Waals surface area (Å²) in [5, 5.41) is 10.5. The van der Waals surface area contributed by atoms with Gasteiger partial charge in [-0.1, -0.05) is 12.1 Å². The molecule has 4 rings (SSSR count). The highest BCUT2D eigenvalue weighted by molar-refractivity contribution is 5.89. The van der Waals surface area contributed by atoms with Crippen molar-refractivity contribution in [2.24, 2.45) is 5.92 Å². The van der Waals surface area contributed by atoms with Crippen LogP contribution in [-0.4, -0.2) is 47.0 Å². The Bertz CT molecular complexity index is 706. The van der Waals surface area contributed by atoms with Crippen LogP contribution in [0.2, 0.25) is 0 Å². The van der Waals surface area contributed by atoms with E-state index in [2.05, 4.69) is 41.3 Å². The van der Waals surface area contributed by atoms with Crippen molar-refractivity contribution < 1.29 is 9.90 Å². The standard InChI is InChI=1S/C17H20N2O2/c1-19-8-11(16(21)9-20)5-13-12-3-2-4-14-17(12)10(7-18-14)6-15(13)19/h2-4,7,11,13,15,18,20H,5-6,8-9H2,1H3/t11?,13?,15-/m1/s1. The smallest absolute Gasteiger partial charge is 0.162 e. The van der Waals surface area contributed by atoms with Crippen molar-refractivity contribution in [2.45, 2.75) is 24.8 Å². The van der Waals surface area contributed by atoms with Gasteiger partial charge in [0.15, 0.2) is 5.78 Å². The van der Waals surface area contributed by atoms with Crippen LogP contribution in [0.4, 0.5) is 0 Å². The molecular formula is C17H20N2O2. The van der Waals surface area contributed by atoms with Crippen LogP contribution in [-0.2, 0) is 11.2 Å². The highest BCUT2D eigenvalue weighted by atomic mass is 16.3. The largest absolute Gasteiger partial charge is 0.389 e. The number of aliphatic hydroxyl groups excluding tert-OH is 1. The second kappa shape index (κ2) is 4.68. The summed E-state index contributed by atoms with van der Waals surface area (Å²) in [5.74, 6) is 0.320. The van der Waals surface area contributed by atoms with Gasteiger partial charge >= 0.3 is 0 Å². The van der Waals surface area contributed by atoms with Gasteiger partial charge in [-0.05, 0) is 37.1 Å². The molecule has 2 aromatic rings. The van der Waals surface area contributed by atoms with Gasteiger partial charge in [-0.25, -0.2) is 0 Å². The number of rotatable bonds is 2. The first-order valence-corrected chi connectivity index (χ1v) is 7.61. The van der Waals surface area contributed by atoms with Crippen molar-refractivity contribution >= 4 is 16.7 Å². The number of carbonyl (C=O) groups is 1. The number of likely N-dealkylation sites (tertiary alicyclic amines) is 1. The lowest BCUT2D eigenvalue weighted by molar-refractivity contribution is -0.128. The molecule has 1 saturated heterocycles. The number of aliphatic hydroxyl groups is 1. The van der Waals surface area contributed by atoms with E-state index in [0.29, 0.717) is 12.0 Å². The number of ketones is 1. The van der Waals surface area contributed by atoms with Crippen molar-refractivity contribution in [1.29, 1.82) is 0 Å². The SMILES string of the molecule is CN1CC(C(=O)CO)CC2c3cccc4[nH]cc(c34)C[C@H]21. The Morgan fingerprint density at radius 1 is 1.48 bits per heavy atom. The summed E-state index contributed by atoms with van der Waals surface area (Å²) < 4.78 is 0. The predicted octanol–water partition coefficient (Wildman–Crippen LogP) is 1.69. The first-order chi connectivity index (χ1) is 10.2. The normalized spacial score (nSPS) is 28.6. The molecule has 0 bridgehead atoms. The first-order valence-electron chi connectivity index (χ1n) is 7.61. The third-order valence-electron chi connectivity index (χ3n) is 5.34. The molecule has 2 heterocycles. The minimum absolute atomic E-state index is 0.0210. The molecule has 1 aromatic carbocycles. The Morgan fingerprint density at radius 3 is 3.14 bits per heavy atom. The molecule has 21 heavy (non-hydrogen) atoms. The number of nitrogens with one attached hydrogen (secondary N) is 1. The molecule has 4 heteroatoms. The van der Waals surface area contributed by atoms with Gasteiger partial charge in [0.05, 0.1) is 0 Å². The lowest BCUT2D eigenvalue weighted by Crippen LogP contribution is -2.49. The highest BCUT2D eigenvalue weighted by Gasteiger charge is 2.40. The van der Waals surface area contributed by atoms with Gasteiger partial charge in [0.2, 0.25) is 0 Å². The molecule has 1 aliphatic heterocycles. The monoisotopic (exact) mass is 284 g/mol. The van der Waals surface area contributed by atoms with E-state index < -0.39 is 0 Å². The molecule has 1 fully saturated rings. The molecule has 3 atom stereocenters. The van der Waals surface area contributed by atoms with E-state index in [0.717, 1.165) is 19.4 Å². The highest BCUT2D eigenvalue weighted by Crippen LogP contribution is 2.44. The van der Waals surface area contributed by atoms with Crippen LogP contribution < -0.4 is 0 Å². The van der Waals surface area contributed by atoms with Gasteiger partial charge in [-0.3, -0.25) is 4.79 Å². The summed E-state index contributed by atoms with van der Waals surface area (Å²) in [6.07, 6.45) is 4.03. The number of likely N-dealkylation sites (N-methyl/N-ethyl adjacent to an activating group) is 1. The molecule has 2 aliphatic rings. The quantitative estimate of drug-likeness (QED) is 0.882. The number of hydrogen-bond donors (Lipinski definition) is 2. The summed E-state index contributed by atoms with van der Waals surface area (Å²) in [7, 11) is 2.10. The number of Topliss-reactive ketones (excluding diaryl/α,β-unsaturated/α-hetero) is 1. The van der Waals surface area contributed by atoms with Crippen molar-refractivity contribution in [1.82, 2.24) is 9.88 Å². The predicted molar refractivity (Wildman–Crippen MR) is 81.4 cm³/mol. The Morgan fingerprint density at radius 2 is 2.33 bits per heavy atom. The van der Waals surface area contributed by atoms with E-state index in [4.69, 9.17) is 0 Å². The fourth-order valence-corrected chi connectivity index (χ4v) is 4.30. The van der Waals surface area contributed by atoms with E-state index in [1.165, 1.54) is 22.0 Å². The zero-order valence-electron chi connectivity index (χ0n) is 12.2. The summed E-state index contributed by atoms with van der Waals surface area (Å²) in [6, 6.07) is 6.88. The van der Waals surface area contributed by atoms with Crippen LogP contribution in [0.1, 0.15) is 23.5 Å². The summed E-state index contributed by atoms with van der Waals surface area (Å²) in [4.78, 5) is 17.6. The summed E-state index contributed by atoms with van der Waals surface area (Å²) >= 11 is 0. The Hall–Kier alpha value is -1.65. The number of aromatic amines is 1. The van der Waals surface area contributed by atoms with E-state index in [9.17, 15) is 9.90 Å². The topological polar surface area (TPSA) is 56.3 Å². The van der Waals surface area contributed by atoms with Crippen molar-refractivity contribution in [2.75, 3.05) is 20.2 Å². The van der Waals surface area contributed by atoms with Crippen LogP contribution in [0.3, 0.4) is 0 Å². The molecule has 1 aliphatic carbocycles. The van der Waals surface area contributed by atoms with Gasteiger partial charge in [0.25, 0.3) is 0 Å². The van der Waals surface area contributed by atoms with Crippen LogP contribution in [0.25, 0.3) is 10.9 Å². The number of aromatic nitrogens is 1. The fourth-order valence-electron chi connectivity index (χ4n) is 4.30.